The summed E-state index contributed by atoms with van der Waals surface area (Å²) in [5.41, 5.74) is 3.55. The Hall–Kier alpha value is -3.11. The third-order valence-electron chi connectivity index (χ3n) is 5.15. The van der Waals surface area contributed by atoms with Gasteiger partial charge in [0.2, 0.25) is 5.91 Å². The lowest BCUT2D eigenvalue weighted by Gasteiger charge is -2.25. The fourth-order valence-electron chi connectivity index (χ4n) is 3.65. The van der Waals surface area contributed by atoms with Crippen LogP contribution in [-0.2, 0) is 17.6 Å². The van der Waals surface area contributed by atoms with Gasteiger partial charge in [-0.3, -0.25) is 9.59 Å². The minimum atomic E-state index is -0.660. The molecule has 3 aromatic rings. The van der Waals surface area contributed by atoms with Crippen LogP contribution in [0.25, 0.3) is 0 Å². The summed E-state index contributed by atoms with van der Waals surface area (Å²) >= 11 is 5.92. The summed E-state index contributed by atoms with van der Waals surface area (Å²) < 4.78 is 0. The second kappa shape index (κ2) is 8.50. The Bertz CT molecular complexity index is 1020. The first-order valence-corrected chi connectivity index (χ1v) is 9.99. The first kappa shape index (κ1) is 19.2. The van der Waals surface area contributed by atoms with Gasteiger partial charge in [-0.2, -0.15) is 0 Å². The molecule has 29 heavy (non-hydrogen) atoms. The van der Waals surface area contributed by atoms with Gasteiger partial charge in [-0.05, 0) is 47.9 Å². The first-order chi connectivity index (χ1) is 14.1. The van der Waals surface area contributed by atoms with Gasteiger partial charge < -0.3 is 10.2 Å². The number of benzene rings is 3. The molecule has 0 spiro atoms. The van der Waals surface area contributed by atoms with Crippen LogP contribution in [0, 0.1) is 0 Å². The molecular formula is C24H21ClN2O2. The van der Waals surface area contributed by atoms with E-state index < -0.39 is 6.04 Å². The Morgan fingerprint density at radius 1 is 0.931 bits per heavy atom. The van der Waals surface area contributed by atoms with Crippen LogP contribution in [0.2, 0.25) is 5.02 Å². The average molecular weight is 405 g/mol. The number of carbonyl (C=O) groups is 2. The second-order valence-electron chi connectivity index (χ2n) is 7.09. The lowest BCUT2D eigenvalue weighted by Crippen LogP contribution is -2.49. The normalized spacial score (nSPS) is 13.6. The number of hydrogen-bond donors (Lipinski definition) is 1. The summed E-state index contributed by atoms with van der Waals surface area (Å²) in [6.07, 6.45) is 1.25. The van der Waals surface area contributed by atoms with Gasteiger partial charge in [-0.25, -0.2) is 0 Å². The highest BCUT2D eigenvalue weighted by Gasteiger charge is 2.31. The van der Waals surface area contributed by atoms with Gasteiger partial charge in [0, 0.05) is 29.2 Å². The van der Waals surface area contributed by atoms with E-state index in [4.69, 9.17) is 11.6 Å². The third kappa shape index (κ3) is 4.33. The van der Waals surface area contributed by atoms with Crippen molar-refractivity contribution in [2.45, 2.75) is 18.9 Å². The Morgan fingerprint density at radius 3 is 2.38 bits per heavy atom. The lowest BCUT2D eigenvalue weighted by atomic mass is 10.0. The number of amides is 2. The van der Waals surface area contributed by atoms with Crippen molar-refractivity contribution in [1.29, 1.82) is 0 Å². The Kier molecular flexibility index (Phi) is 5.63. The highest BCUT2D eigenvalue weighted by molar-refractivity contribution is 6.30. The number of para-hydroxylation sites is 1. The van der Waals surface area contributed by atoms with E-state index in [0.29, 0.717) is 23.6 Å². The number of hydrogen-bond acceptors (Lipinski definition) is 2. The topological polar surface area (TPSA) is 49.4 Å². The van der Waals surface area contributed by atoms with Crippen LogP contribution in [-0.4, -0.2) is 24.4 Å². The van der Waals surface area contributed by atoms with Crippen LogP contribution in [0.5, 0.6) is 0 Å². The van der Waals surface area contributed by atoms with Crippen molar-refractivity contribution < 1.29 is 9.59 Å². The minimum Gasteiger partial charge on any atom is -0.340 e. The molecule has 0 fully saturated rings. The molecule has 1 heterocycles. The molecule has 3 aromatic carbocycles. The zero-order valence-corrected chi connectivity index (χ0v) is 16.6. The van der Waals surface area contributed by atoms with Crippen LogP contribution < -0.4 is 10.2 Å². The van der Waals surface area contributed by atoms with Crippen LogP contribution >= 0.6 is 11.6 Å². The molecule has 5 heteroatoms. The van der Waals surface area contributed by atoms with Gasteiger partial charge in [0.1, 0.15) is 6.04 Å². The van der Waals surface area contributed by atoms with Gasteiger partial charge >= 0.3 is 0 Å². The van der Waals surface area contributed by atoms with Crippen molar-refractivity contribution >= 4 is 29.1 Å². The second-order valence-corrected chi connectivity index (χ2v) is 7.53. The third-order valence-corrected chi connectivity index (χ3v) is 5.40. The van der Waals surface area contributed by atoms with Crippen molar-refractivity contribution in [3.63, 3.8) is 0 Å². The van der Waals surface area contributed by atoms with Crippen molar-refractivity contribution in [2.24, 2.45) is 0 Å². The molecule has 4 nitrogen and oxygen atoms in total. The van der Waals surface area contributed by atoms with E-state index in [9.17, 15) is 9.59 Å². The van der Waals surface area contributed by atoms with Gasteiger partial charge in [0.25, 0.3) is 5.91 Å². The molecule has 1 aliphatic heterocycles. The molecule has 2 amide bonds. The van der Waals surface area contributed by atoms with Gasteiger partial charge in [-0.1, -0.05) is 60.1 Å². The predicted octanol–water partition coefficient (Wildman–Crippen LogP) is 4.27. The largest absolute Gasteiger partial charge is 0.340 e. The standard InChI is InChI=1S/C24H21ClN2O2/c25-20-12-10-19(11-13-20)23(28)26-21(16-17-6-2-1-3-7-17)24(29)27-15-14-18-8-4-5-9-22(18)27/h1-13,21H,14-16H2,(H,26,28). The molecule has 1 N–H and O–H groups in total. The first-order valence-electron chi connectivity index (χ1n) is 9.61. The van der Waals surface area contributed by atoms with Crippen LogP contribution in [0.15, 0.2) is 78.9 Å². The molecule has 1 unspecified atom stereocenters. The molecular weight excluding hydrogens is 384 g/mol. The zero-order chi connectivity index (χ0) is 20.2. The quantitative estimate of drug-likeness (QED) is 0.690. The van der Waals surface area contributed by atoms with Crippen LogP contribution in [0.1, 0.15) is 21.5 Å². The van der Waals surface area contributed by atoms with Crippen LogP contribution in [0.3, 0.4) is 0 Å². The number of rotatable bonds is 5. The smallest absolute Gasteiger partial charge is 0.251 e. The SMILES string of the molecule is O=C(NC(Cc1ccccc1)C(=O)N1CCc2ccccc21)c1ccc(Cl)cc1. The maximum Gasteiger partial charge on any atom is 0.251 e. The summed E-state index contributed by atoms with van der Waals surface area (Å²) in [7, 11) is 0. The highest BCUT2D eigenvalue weighted by Crippen LogP contribution is 2.28. The number of halogens is 1. The fourth-order valence-corrected chi connectivity index (χ4v) is 3.77. The van der Waals surface area contributed by atoms with Crippen molar-refractivity contribution in [2.75, 3.05) is 11.4 Å². The fraction of sp³-hybridized carbons (Fsp3) is 0.167. The molecule has 4 rings (SSSR count). The summed E-state index contributed by atoms with van der Waals surface area (Å²) in [5.74, 6) is -0.385. The maximum atomic E-state index is 13.4. The van der Waals surface area contributed by atoms with E-state index in [2.05, 4.69) is 5.32 Å². The maximum absolute atomic E-state index is 13.4. The molecule has 1 atom stereocenters. The Balaban J connectivity index is 1.59. The molecule has 1 aliphatic rings. The molecule has 0 bridgehead atoms. The van der Waals surface area contributed by atoms with E-state index in [1.165, 1.54) is 0 Å². The van der Waals surface area contributed by atoms with E-state index >= 15 is 0 Å². The van der Waals surface area contributed by atoms with Gasteiger partial charge in [-0.15, -0.1) is 0 Å². The molecule has 0 aromatic heterocycles. The molecule has 0 radical (unpaired) electrons. The summed E-state index contributed by atoms with van der Waals surface area (Å²) in [4.78, 5) is 28.0. The lowest BCUT2D eigenvalue weighted by molar-refractivity contribution is -0.120. The van der Waals surface area contributed by atoms with E-state index in [1.807, 2.05) is 54.6 Å². The summed E-state index contributed by atoms with van der Waals surface area (Å²) in [6.45, 7) is 0.625. The Labute approximate surface area is 175 Å². The molecule has 0 saturated carbocycles. The number of nitrogens with zero attached hydrogens (tertiary/aromatic N) is 1. The Morgan fingerprint density at radius 2 is 1.62 bits per heavy atom. The van der Waals surface area contributed by atoms with Crippen molar-refractivity contribution in [3.8, 4) is 0 Å². The zero-order valence-electron chi connectivity index (χ0n) is 15.8. The van der Waals surface area contributed by atoms with E-state index in [0.717, 1.165) is 23.2 Å². The number of anilines is 1. The minimum absolute atomic E-state index is 0.0962. The summed E-state index contributed by atoms with van der Waals surface area (Å²) in [6, 6.07) is 23.6. The monoisotopic (exact) mass is 404 g/mol. The van der Waals surface area contributed by atoms with Gasteiger partial charge in [0.05, 0.1) is 0 Å². The van der Waals surface area contributed by atoms with Crippen molar-refractivity contribution in [1.82, 2.24) is 5.32 Å². The molecule has 146 valence electrons. The van der Waals surface area contributed by atoms with Gasteiger partial charge in [0.15, 0.2) is 0 Å². The molecule has 0 saturated heterocycles. The predicted molar refractivity (Wildman–Crippen MR) is 115 cm³/mol. The number of nitrogens with one attached hydrogen (secondary N) is 1. The average Bonchev–Trinajstić information content (AvgIpc) is 3.18. The number of fused-ring (bicyclic) bond motifs is 1. The highest BCUT2D eigenvalue weighted by atomic mass is 35.5. The molecule has 0 aliphatic carbocycles. The summed E-state index contributed by atoms with van der Waals surface area (Å²) in [5, 5.41) is 3.50. The number of carbonyl (C=O) groups excluding carboxylic acids is 2. The van der Waals surface area contributed by atoms with E-state index in [-0.39, 0.29) is 11.8 Å². The van der Waals surface area contributed by atoms with Crippen molar-refractivity contribution in [3.05, 3.63) is 101 Å². The van der Waals surface area contributed by atoms with Crippen LogP contribution in [0.4, 0.5) is 5.69 Å². The van der Waals surface area contributed by atoms with E-state index in [1.54, 1.807) is 29.2 Å².